The molecule has 0 bridgehead atoms. The number of anilines is 1. The van der Waals surface area contributed by atoms with Crippen molar-refractivity contribution in [2.75, 3.05) is 18.7 Å². The van der Waals surface area contributed by atoms with Crippen LogP contribution in [0, 0.1) is 11.3 Å². The number of thiophene rings is 1. The molecule has 1 aromatic carbocycles. The first kappa shape index (κ1) is 14.4. The van der Waals surface area contributed by atoms with Gasteiger partial charge >= 0.3 is 0 Å². The molecule has 0 atom stereocenters. The summed E-state index contributed by atoms with van der Waals surface area (Å²) in [6.07, 6.45) is 1.90. The Morgan fingerprint density at radius 2 is 2.10 bits per heavy atom. The van der Waals surface area contributed by atoms with E-state index in [4.69, 9.17) is 5.26 Å². The Morgan fingerprint density at radius 1 is 1.40 bits per heavy atom. The summed E-state index contributed by atoms with van der Waals surface area (Å²) in [6, 6.07) is 13.2. The fourth-order valence-corrected chi connectivity index (χ4v) is 3.37. The number of nitriles is 1. The second-order valence-electron chi connectivity index (χ2n) is 3.97. The third kappa shape index (κ3) is 3.13. The Kier molecular flexibility index (Phi) is 4.66. The predicted octanol–water partition coefficient (Wildman–Crippen LogP) is 3.44. The highest BCUT2D eigenvalue weighted by molar-refractivity contribution is 8.00. The quantitative estimate of drug-likeness (QED) is 0.694. The molecule has 6 heteroatoms. The molecule has 0 fully saturated rings. The minimum atomic E-state index is -0.157. The first-order valence-electron chi connectivity index (χ1n) is 5.83. The van der Waals surface area contributed by atoms with E-state index in [-0.39, 0.29) is 5.91 Å². The molecule has 102 valence electrons. The fourth-order valence-electron chi connectivity index (χ4n) is 1.63. The van der Waals surface area contributed by atoms with Crippen molar-refractivity contribution >= 4 is 34.7 Å². The Labute approximate surface area is 126 Å². The van der Waals surface area contributed by atoms with Crippen LogP contribution >= 0.6 is 23.1 Å². The Morgan fingerprint density at radius 3 is 2.65 bits per heavy atom. The second-order valence-corrected chi connectivity index (χ2v) is 6.10. The van der Waals surface area contributed by atoms with Crippen molar-refractivity contribution in [3.05, 3.63) is 46.8 Å². The number of hydrogen-bond acceptors (Lipinski definition) is 5. The topological polar surface area (TPSA) is 56.1 Å². The number of thioether (sulfide) groups is 1. The summed E-state index contributed by atoms with van der Waals surface area (Å²) in [6.45, 7) is 0. The first-order valence-corrected chi connectivity index (χ1v) is 7.87. The van der Waals surface area contributed by atoms with Gasteiger partial charge in [-0.25, -0.2) is 0 Å². The average molecular weight is 303 g/mol. The van der Waals surface area contributed by atoms with Crippen LogP contribution in [-0.4, -0.2) is 24.2 Å². The summed E-state index contributed by atoms with van der Waals surface area (Å²) >= 11 is 2.82. The zero-order valence-corrected chi connectivity index (χ0v) is 12.7. The molecule has 0 saturated carbocycles. The van der Waals surface area contributed by atoms with Gasteiger partial charge in [-0.15, -0.1) is 23.1 Å². The first-order chi connectivity index (χ1) is 9.65. The van der Waals surface area contributed by atoms with Crippen LogP contribution in [0.15, 0.2) is 40.6 Å². The second kappa shape index (κ2) is 6.46. The molecule has 0 aliphatic heterocycles. The van der Waals surface area contributed by atoms with E-state index in [1.54, 1.807) is 13.1 Å². The Bertz CT molecular complexity index is 646. The van der Waals surface area contributed by atoms with Crippen LogP contribution in [0.2, 0.25) is 0 Å². The lowest BCUT2D eigenvalue weighted by Gasteiger charge is -2.18. The molecular formula is C14H13N3OS2. The molecule has 0 aliphatic carbocycles. The van der Waals surface area contributed by atoms with E-state index in [2.05, 4.69) is 11.5 Å². The SMILES string of the molecule is CSc1sc(C(=O)N(C)Nc2ccccc2)cc1C#N. The van der Waals surface area contributed by atoms with Gasteiger partial charge in [0.1, 0.15) is 6.07 Å². The summed E-state index contributed by atoms with van der Waals surface area (Å²) in [5.41, 5.74) is 4.40. The van der Waals surface area contributed by atoms with Crippen LogP contribution in [0.3, 0.4) is 0 Å². The number of para-hydroxylation sites is 1. The number of carbonyl (C=O) groups excluding carboxylic acids is 1. The van der Waals surface area contributed by atoms with Crippen LogP contribution in [0.5, 0.6) is 0 Å². The molecule has 0 saturated heterocycles. The monoisotopic (exact) mass is 303 g/mol. The van der Waals surface area contributed by atoms with E-state index in [0.717, 1.165) is 9.90 Å². The predicted molar refractivity (Wildman–Crippen MR) is 83.0 cm³/mol. The summed E-state index contributed by atoms with van der Waals surface area (Å²) in [5, 5.41) is 10.4. The maximum Gasteiger partial charge on any atom is 0.282 e. The van der Waals surface area contributed by atoms with Crippen molar-refractivity contribution in [1.29, 1.82) is 5.26 Å². The number of hydrogen-bond donors (Lipinski definition) is 1. The minimum absolute atomic E-state index is 0.157. The van der Waals surface area contributed by atoms with Crippen molar-refractivity contribution in [1.82, 2.24) is 5.01 Å². The highest BCUT2D eigenvalue weighted by Gasteiger charge is 2.17. The van der Waals surface area contributed by atoms with E-state index in [1.165, 1.54) is 28.1 Å². The van der Waals surface area contributed by atoms with Gasteiger partial charge in [-0.3, -0.25) is 15.2 Å². The summed E-state index contributed by atoms with van der Waals surface area (Å²) < 4.78 is 0.865. The van der Waals surface area contributed by atoms with Crippen molar-refractivity contribution in [3.8, 4) is 6.07 Å². The standard InChI is InChI=1S/C14H13N3OS2/c1-17(16-11-6-4-3-5-7-11)13(18)12-8-10(9-15)14(19-2)20-12/h3-8,16H,1-2H3. The number of nitrogens with one attached hydrogen (secondary N) is 1. The van der Waals surface area contributed by atoms with Gasteiger partial charge in [0.05, 0.1) is 20.3 Å². The van der Waals surface area contributed by atoms with Crippen LogP contribution in [0.1, 0.15) is 15.2 Å². The molecule has 0 spiro atoms. The van der Waals surface area contributed by atoms with Crippen molar-refractivity contribution in [2.24, 2.45) is 0 Å². The third-order valence-electron chi connectivity index (χ3n) is 2.59. The van der Waals surface area contributed by atoms with E-state index in [1.807, 2.05) is 36.6 Å². The zero-order chi connectivity index (χ0) is 14.5. The maximum absolute atomic E-state index is 12.3. The maximum atomic E-state index is 12.3. The van der Waals surface area contributed by atoms with E-state index >= 15 is 0 Å². The molecule has 2 rings (SSSR count). The van der Waals surface area contributed by atoms with E-state index in [9.17, 15) is 4.79 Å². The number of nitrogens with zero attached hydrogens (tertiary/aromatic N) is 2. The highest BCUT2D eigenvalue weighted by Crippen LogP contribution is 2.30. The van der Waals surface area contributed by atoms with Crippen LogP contribution < -0.4 is 5.43 Å². The minimum Gasteiger partial charge on any atom is -0.296 e. The van der Waals surface area contributed by atoms with Gasteiger partial charge in [0.25, 0.3) is 5.91 Å². The van der Waals surface area contributed by atoms with Crippen LogP contribution in [-0.2, 0) is 0 Å². The molecule has 1 aromatic heterocycles. The molecule has 4 nitrogen and oxygen atoms in total. The lowest BCUT2D eigenvalue weighted by Crippen LogP contribution is -2.31. The molecule has 1 heterocycles. The van der Waals surface area contributed by atoms with Gasteiger partial charge in [-0.2, -0.15) is 5.26 Å². The Balaban J connectivity index is 2.15. The molecule has 0 unspecified atom stereocenters. The van der Waals surface area contributed by atoms with Gasteiger partial charge in [0, 0.05) is 7.05 Å². The van der Waals surface area contributed by atoms with Crippen molar-refractivity contribution in [2.45, 2.75) is 4.21 Å². The number of benzene rings is 1. The van der Waals surface area contributed by atoms with E-state index < -0.39 is 0 Å². The fraction of sp³-hybridized carbons (Fsp3) is 0.143. The Hall–Kier alpha value is -1.97. The lowest BCUT2D eigenvalue weighted by molar-refractivity contribution is 0.0830. The third-order valence-corrected chi connectivity index (χ3v) is 4.85. The number of rotatable bonds is 4. The van der Waals surface area contributed by atoms with Gasteiger partial charge in [0.15, 0.2) is 0 Å². The average Bonchev–Trinajstić information content (AvgIpc) is 2.90. The van der Waals surface area contributed by atoms with Crippen molar-refractivity contribution < 1.29 is 4.79 Å². The van der Waals surface area contributed by atoms with Gasteiger partial charge in [-0.1, -0.05) is 18.2 Å². The molecule has 0 aliphatic rings. The summed E-state index contributed by atoms with van der Waals surface area (Å²) in [5.74, 6) is -0.157. The molecule has 2 aromatic rings. The molecular weight excluding hydrogens is 290 g/mol. The molecule has 1 N–H and O–H groups in total. The smallest absolute Gasteiger partial charge is 0.282 e. The molecule has 0 radical (unpaired) electrons. The number of amides is 1. The van der Waals surface area contributed by atoms with Crippen LogP contribution in [0.4, 0.5) is 5.69 Å². The number of hydrazine groups is 1. The van der Waals surface area contributed by atoms with Crippen LogP contribution in [0.25, 0.3) is 0 Å². The summed E-state index contributed by atoms with van der Waals surface area (Å²) in [7, 11) is 1.67. The number of carbonyl (C=O) groups is 1. The normalized spacial score (nSPS) is 9.85. The highest BCUT2D eigenvalue weighted by atomic mass is 32.2. The van der Waals surface area contributed by atoms with Gasteiger partial charge in [-0.05, 0) is 24.5 Å². The zero-order valence-electron chi connectivity index (χ0n) is 11.1. The molecule has 20 heavy (non-hydrogen) atoms. The van der Waals surface area contributed by atoms with Gasteiger partial charge < -0.3 is 0 Å². The van der Waals surface area contributed by atoms with Crippen molar-refractivity contribution in [3.63, 3.8) is 0 Å². The largest absolute Gasteiger partial charge is 0.296 e. The lowest BCUT2D eigenvalue weighted by atomic mass is 10.3. The van der Waals surface area contributed by atoms with E-state index in [0.29, 0.717) is 10.4 Å². The van der Waals surface area contributed by atoms with Gasteiger partial charge in [0.2, 0.25) is 0 Å². The summed E-state index contributed by atoms with van der Waals surface area (Å²) in [4.78, 5) is 12.9. The molecule has 1 amide bonds.